The first-order chi connectivity index (χ1) is 15.2. The number of aryl methyl sites for hydroxylation is 2. The van der Waals surface area contributed by atoms with E-state index in [0.717, 1.165) is 11.6 Å². The van der Waals surface area contributed by atoms with Crippen LogP contribution >= 0.6 is 12.4 Å². The normalized spacial score (nSPS) is 11.6. The molecule has 0 aliphatic heterocycles. The lowest BCUT2D eigenvalue weighted by Gasteiger charge is -2.24. The molecule has 0 atom stereocenters. The molecule has 2 rings (SSSR count). The number of nitrogens with two attached hydrogens (primary N) is 1. The Morgan fingerprint density at radius 3 is 1.97 bits per heavy atom. The number of aliphatic hydroxyl groups is 2. The molecule has 33 heavy (non-hydrogen) atoms. The largest absolute Gasteiger partial charge is 0.493 e. The Hall–Kier alpha value is -2.20. The van der Waals surface area contributed by atoms with Crippen molar-refractivity contribution < 1.29 is 37.6 Å². The van der Waals surface area contributed by atoms with Crippen molar-refractivity contribution in [2.45, 2.75) is 37.4 Å². The summed E-state index contributed by atoms with van der Waals surface area (Å²) in [7, 11) is 3.08. The van der Waals surface area contributed by atoms with Gasteiger partial charge < -0.3 is 30.2 Å². The molecular formula is C23H31ClF3NO5. The minimum absolute atomic E-state index is 0. The monoisotopic (exact) mass is 493 g/mol. The molecule has 4 N–H and O–H groups in total. The van der Waals surface area contributed by atoms with E-state index in [1.165, 1.54) is 19.2 Å². The summed E-state index contributed by atoms with van der Waals surface area (Å²) in [6.45, 7) is -0.814. The number of hydrogen-bond donors (Lipinski definition) is 3. The van der Waals surface area contributed by atoms with E-state index in [9.17, 15) is 23.4 Å². The number of halogens is 4. The molecule has 0 heterocycles. The third kappa shape index (κ3) is 8.26. The van der Waals surface area contributed by atoms with E-state index in [4.69, 9.17) is 19.9 Å². The summed E-state index contributed by atoms with van der Waals surface area (Å²) in [6, 6.07) is 9.33. The predicted octanol–water partition coefficient (Wildman–Crippen LogP) is 3.77. The molecule has 2 aromatic carbocycles. The van der Waals surface area contributed by atoms with E-state index in [-0.39, 0.29) is 37.6 Å². The molecule has 0 spiro atoms. The highest BCUT2D eigenvalue weighted by atomic mass is 35.5. The van der Waals surface area contributed by atoms with Gasteiger partial charge >= 0.3 is 6.18 Å². The number of hydrogen-bond acceptors (Lipinski definition) is 6. The number of ether oxygens (including phenoxy) is 3. The first kappa shape index (κ1) is 28.8. The van der Waals surface area contributed by atoms with Crippen LogP contribution in [0, 0.1) is 0 Å². The van der Waals surface area contributed by atoms with Crippen molar-refractivity contribution in [3.63, 3.8) is 0 Å². The fraction of sp³-hybridized carbons (Fsp3) is 0.478. The average molecular weight is 494 g/mol. The second-order valence-corrected chi connectivity index (χ2v) is 7.65. The number of rotatable bonds is 12. The van der Waals surface area contributed by atoms with Crippen LogP contribution in [0.15, 0.2) is 36.4 Å². The highest BCUT2D eigenvalue weighted by molar-refractivity contribution is 5.85. The number of benzene rings is 2. The van der Waals surface area contributed by atoms with Crippen molar-refractivity contribution in [3.05, 3.63) is 53.1 Å². The summed E-state index contributed by atoms with van der Waals surface area (Å²) in [4.78, 5) is 0. The first-order valence-electron chi connectivity index (χ1n) is 10.2. The van der Waals surface area contributed by atoms with Gasteiger partial charge in [0, 0.05) is 0 Å². The van der Waals surface area contributed by atoms with Gasteiger partial charge in [0.05, 0.1) is 45.1 Å². The number of methoxy groups -OCH3 is 2. The van der Waals surface area contributed by atoms with Gasteiger partial charge in [-0.1, -0.05) is 12.1 Å². The highest BCUT2D eigenvalue weighted by Crippen LogP contribution is 2.37. The van der Waals surface area contributed by atoms with Crippen molar-refractivity contribution in [1.82, 2.24) is 0 Å². The second kappa shape index (κ2) is 12.9. The lowest BCUT2D eigenvalue weighted by Crippen LogP contribution is -2.47. The Labute approximate surface area is 197 Å². The Bertz CT molecular complexity index is 876. The summed E-state index contributed by atoms with van der Waals surface area (Å²) in [5.41, 5.74) is 5.05. The van der Waals surface area contributed by atoms with Crippen LogP contribution < -0.4 is 19.9 Å². The summed E-state index contributed by atoms with van der Waals surface area (Å²) in [5.74, 6) is 0.953. The minimum atomic E-state index is -4.58. The van der Waals surface area contributed by atoms with Gasteiger partial charge in [0.2, 0.25) is 0 Å². The molecule has 10 heteroatoms. The van der Waals surface area contributed by atoms with Crippen molar-refractivity contribution >= 4 is 12.4 Å². The molecule has 0 aliphatic rings. The number of aliphatic hydroxyl groups excluding tert-OH is 2. The van der Waals surface area contributed by atoms with Gasteiger partial charge in [-0.25, -0.2) is 0 Å². The van der Waals surface area contributed by atoms with Gasteiger partial charge in [-0.3, -0.25) is 0 Å². The van der Waals surface area contributed by atoms with Crippen molar-refractivity contribution in [2.24, 2.45) is 5.73 Å². The molecule has 0 radical (unpaired) electrons. The molecule has 6 nitrogen and oxygen atoms in total. The van der Waals surface area contributed by atoms with Gasteiger partial charge in [0.1, 0.15) is 5.75 Å². The van der Waals surface area contributed by atoms with Crippen LogP contribution in [0.2, 0.25) is 0 Å². The third-order valence-electron chi connectivity index (χ3n) is 5.21. The maximum Gasteiger partial charge on any atom is 0.419 e. The lowest BCUT2D eigenvalue weighted by molar-refractivity contribution is -0.139. The Kier molecular flexibility index (Phi) is 11.3. The van der Waals surface area contributed by atoms with Gasteiger partial charge in [-0.05, 0) is 61.1 Å². The second-order valence-electron chi connectivity index (χ2n) is 7.65. The molecule has 0 aliphatic carbocycles. The molecule has 186 valence electrons. The van der Waals surface area contributed by atoms with Gasteiger partial charge in [0.25, 0.3) is 0 Å². The molecule has 0 fully saturated rings. The first-order valence-corrected chi connectivity index (χ1v) is 10.2. The van der Waals surface area contributed by atoms with E-state index in [1.807, 2.05) is 12.1 Å². The summed E-state index contributed by atoms with van der Waals surface area (Å²) < 4.78 is 56.6. The third-order valence-corrected chi connectivity index (χ3v) is 5.21. The zero-order chi connectivity index (χ0) is 23.8. The Balaban J connectivity index is 0.00000544. The maximum absolute atomic E-state index is 13.6. The zero-order valence-electron chi connectivity index (χ0n) is 18.7. The van der Waals surface area contributed by atoms with Crippen LogP contribution in [0.3, 0.4) is 0 Å². The molecule has 0 saturated carbocycles. The zero-order valence-corrected chi connectivity index (χ0v) is 19.5. The predicted molar refractivity (Wildman–Crippen MR) is 121 cm³/mol. The van der Waals surface area contributed by atoms with Gasteiger partial charge in [0.15, 0.2) is 11.5 Å². The van der Waals surface area contributed by atoms with Crippen molar-refractivity contribution in [1.29, 1.82) is 0 Å². The van der Waals surface area contributed by atoms with E-state index in [1.54, 1.807) is 13.2 Å². The lowest BCUT2D eigenvalue weighted by atomic mass is 9.93. The van der Waals surface area contributed by atoms with Crippen LogP contribution in [0.4, 0.5) is 13.2 Å². The maximum atomic E-state index is 13.6. The van der Waals surface area contributed by atoms with E-state index >= 15 is 0 Å². The average Bonchev–Trinajstić information content (AvgIpc) is 2.79. The topological polar surface area (TPSA) is 94.2 Å². The molecule has 0 unspecified atom stereocenters. The van der Waals surface area contributed by atoms with E-state index in [2.05, 4.69) is 0 Å². The standard InChI is InChI=1S/C23H30F3NO5.ClH/c1-30-20-8-6-16(13-21(20)31-2)4-3-11-32-19-7-5-17(12-18(19)23(24,25)26)9-10-22(27,14-28)15-29;/h5-8,12-13,28-29H,3-4,9-11,14-15,27H2,1-2H3;1H. The molecule has 2 aromatic rings. The molecule has 0 bridgehead atoms. The van der Waals surface area contributed by atoms with Crippen LogP contribution in [0.1, 0.15) is 29.5 Å². The Morgan fingerprint density at radius 1 is 0.848 bits per heavy atom. The highest BCUT2D eigenvalue weighted by Gasteiger charge is 2.35. The van der Waals surface area contributed by atoms with Crippen LogP contribution in [-0.4, -0.2) is 49.8 Å². The Morgan fingerprint density at radius 2 is 1.42 bits per heavy atom. The van der Waals surface area contributed by atoms with Gasteiger partial charge in [-0.15, -0.1) is 12.4 Å². The fourth-order valence-electron chi connectivity index (χ4n) is 3.18. The smallest absolute Gasteiger partial charge is 0.419 e. The molecular weight excluding hydrogens is 463 g/mol. The minimum Gasteiger partial charge on any atom is -0.493 e. The molecule has 0 aromatic heterocycles. The van der Waals surface area contributed by atoms with Crippen LogP contribution in [0.5, 0.6) is 17.2 Å². The summed E-state index contributed by atoms with van der Waals surface area (Å²) in [6.07, 6.45) is -3.15. The van der Waals surface area contributed by atoms with Crippen LogP contribution in [0.25, 0.3) is 0 Å². The molecule has 0 amide bonds. The molecule has 0 saturated heterocycles. The number of alkyl halides is 3. The summed E-state index contributed by atoms with van der Waals surface area (Å²) in [5, 5.41) is 18.5. The van der Waals surface area contributed by atoms with Crippen molar-refractivity contribution in [3.8, 4) is 17.2 Å². The fourth-order valence-corrected chi connectivity index (χ4v) is 3.18. The van der Waals surface area contributed by atoms with Crippen molar-refractivity contribution in [2.75, 3.05) is 34.0 Å². The summed E-state index contributed by atoms with van der Waals surface area (Å²) >= 11 is 0. The quantitative estimate of drug-likeness (QED) is 0.390. The van der Waals surface area contributed by atoms with E-state index < -0.39 is 30.5 Å². The van der Waals surface area contributed by atoms with Gasteiger partial charge in [-0.2, -0.15) is 13.2 Å². The van der Waals surface area contributed by atoms with Crippen LogP contribution in [-0.2, 0) is 19.0 Å². The SMILES string of the molecule is COc1ccc(CCCOc2ccc(CCC(N)(CO)CO)cc2C(F)(F)F)cc1OC.Cl. The van der Waals surface area contributed by atoms with E-state index in [0.29, 0.717) is 29.9 Å².